The maximum Gasteiger partial charge on any atom is 0.166 e. The summed E-state index contributed by atoms with van der Waals surface area (Å²) < 4.78 is 5.22. The van der Waals surface area contributed by atoms with Crippen molar-refractivity contribution in [3.8, 4) is 5.75 Å². The predicted molar refractivity (Wildman–Crippen MR) is 86.5 cm³/mol. The Morgan fingerprint density at radius 1 is 1.19 bits per heavy atom. The maximum absolute atomic E-state index is 5.67. The zero-order valence-corrected chi connectivity index (χ0v) is 12.6. The summed E-state index contributed by atoms with van der Waals surface area (Å²) in [6, 6.07) is 14.2. The summed E-state index contributed by atoms with van der Waals surface area (Å²) >= 11 is 1.68. The molecule has 0 radical (unpaired) electrons. The van der Waals surface area contributed by atoms with Crippen LogP contribution in [-0.4, -0.2) is 17.1 Å². The summed E-state index contributed by atoms with van der Waals surface area (Å²) in [7, 11) is 1.66. The predicted octanol–water partition coefficient (Wildman–Crippen LogP) is 3.32. The topological polar surface area (TPSA) is 63.9 Å². The highest BCUT2D eigenvalue weighted by atomic mass is 32.2. The Bertz CT molecular complexity index is 754. The lowest BCUT2D eigenvalue weighted by molar-refractivity contribution is 0.415. The minimum Gasteiger partial charge on any atom is -0.497 e. The number of aromatic nitrogens is 2. The van der Waals surface area contributed by atoms with Crippen LogP contribution in [0.15, 0.2) is 47.6 Å². The van der Waals surface area contributed by atoms with Crippen LogP contribution in [0, 0.1) is 0 Å². The molecule has 0 spiro atoms. The molecular formula is C16H17N3OS. The van der Waals surface area contributed by atoms with Crippen LogP contribution in [-0.2, 0) is 12.3 Å². The number of thioether (sulfide) groups is 1. The van der Waals surface area contributed by atoms with Crippen molar-refractivity contribution in [2.24, 2.45) is 5.73 Å². The van der Waals surface area contributed by atoms with E-state index in [1.54, 1.807) is 18.9 Å². The lowest BCUT2D eigenvalue weighted by Crippen LogP contribution is -1.96. The average molecular weight is 299 g/mol. The highest BCUT2D eigenvalue weighted by molar-refractivity contribution is 7.98. The molecule has 0 saturated carbocycles. The zero-order chi connectivity index (χ0) is 14.7. The number of rotatable bonds is 5. The Morgan fingerprint density at radius 2 is 2.05 bits per heavy atom. The van der Waals surface area contributed by atoms with Gasteiger partial charge in [-0.2, -0.15) is 0 Å². The fraction of sp³-hybridized carbons (Fsp3) is 0.188. The number of hydrogen-bond donors (Lipinski definition) is 2. The molecule has 0 atom stereocenters. The van der Waals surface area contributed by atoms with Crippen LogP contribution >= 0.6 is 11.8 Å². The Labute approximate surface area is 127 Å². The molecule has 0 aliphatic heterocycles. The first kappa shape index (κ1) is 14.0. The number of fused-ring (bicyclic) bond motifs is 1. The van der Waals surface area contributed by atoms with E-state index >= 15 is 0 Å². The van der Waals surface area contributed by atoms with E-state index in [1.165, 1.54) is 5.56 Å². The number of imidazole rings is 1. The van der Waals surface area contributed by atoms with Crippen LogP contribution in [0.2, 0.25) is 0 Å². The summed E-state index contributed by atoms with van der Waals surface area (Å²) in [5, 5.41) is 0.913. The van der Waals surface area contributed by atoms with Gasteiger partial charge in [0.25, 0.3) is 0 Å². The van der Waals surface area contributed by atoms with E-state index in [0.29, 0.717) is 6.54 Å². The molecule has 108 valence electrons. The molecule has 0 fully saturated rings. The largest absolute Gasteiger partial charge is 0.497 e. The Morgan fingerprint density at radius 3 is 2.86 bits per heavy atom. The van der Waals surface area contributed by atoms with Crippen molar-refractivity contribution in [3.63, 3.8) is 0 Å². The normalized spacial score (nSPS) is 11.0. The highest BCUT2D eigenvalue weighted by Gasteiger charge is 2.05. The smallest absolute Gasteiger partial charge is 0.166 e. The van der Waals surface area contributed by atoms with E-state index in [0.717, 1.165) is 33.3 Å². The van der Waals surface area contributed by atoms with Crippen molar-refractivity contribution in [1.82, 2.24) is 9.97 Å². The number of nitrogens with zero attached hydrogens (tertiary/aromatic N) is 1. The third kappa shape index (κ3) is 3.20. The van der Waals surface area contributed by atoms with Crippen LogP contribution in [0.5, 0.6) is 5.75 Å². The van der Waals surface area contributed by atoms with E-state index < -0.39 is 0 Å². The van der Waals surface area contributed by atoms with Gasteiger partial charge in [-0.05, 0) is 23.3 Å². The van der Waals surface area contributed by atoms with Gasteiger partial charge in [0.15, 0.2) is 5.16 Å². The molecule has 1 aromatic heterocycles. The first-order chi connectivity index (χ1) is 10.3. The number of ether oxygens (including phenoxy) is 1. The van der Waals surface area contributed by atoms with Crippen molar-refractivity contribution in [3.05, 3.63) is 53.6 Å². The van der Waals surface area contributed by atoms with Gasteiger partial charge in [-0.3, -0.25) is 0 Å². The molecule has 3 N–H and O–H groups in total. The average Bonchev–Trinajstić information content (AvgIpc) is 2.95. The van der Waals surface area contributed by atoms with Gasteiger partial charge in [-0.15, -0.1) is 0 Å². The van der Waals surface area contributed by atoms with Crippen LogP contribution < -0.4 is 10.5 Å². The Balaban J connectivity index is 1.75. The molecule has 3 aromatic rings. The minimum atomic E-state index is 0.572. The first-order valence-corrected chi connectivity index (χ1v) is 7.71. The van der Waals surface area contributed by atoms with Crippen molar-refractivity contribution in [2.75, 3.05) is 7.11 Å². The van der Waals surface area contributed by atoms with Gasteiger partial charge in [-0.1, -0.05) is 36.0 Å². The van der Waals surface area contributed by atoms with Gasteiger partial charge in [0.1, 0.15) is 5.75 Å². The molecule has 3 rings (SSSR count). The number of aromatic amines is 1. The summed E-state index contributed by atoms with van der Waals surface area (Å²) in [5.41, 5.74) is 10.0. The van der Waals surface area contributed by atoms with Crippen LogP contribution in [0.4, 0.5) is 0 Å². The molecule has 1 heterocycles. The second-order valence-electron chi connectivity index (χ2n) is 4.74. The van der Waals surface area contributed by atoms with Crippen molar-refractivity contribution in [2.45, 2.75) is 17.5 Å². The van der Waals surface area contributed by atoms with Gasteiger partial charge in [0.05, 0.1) is 18.1 Å². The molecule has 2 aromatic carbocycles. The number of methoxy groups -OCH3 is 1. The van der Waals surface area contributed by atoms with Crippen LogP contribution in [0.25, 0.3) is 11.0 Å². The van der Waals surface area contributed by atoms with Crippen molar-refractivity contribution < 1.29 is 4.74 Å². The van der Waals surface area contributed by atoms with Gasteiger partial charge < -0.3 is 15.5 Å². The summed E-state index contributed by atoms with van der Waals surface area (Å²) in [6.07, 6.45) is 0. The molecule has 21 heavy (non-hydrogen) atoms. The number of benzene rings is 2. The summed E-state index contributed by atoms with van der Waals surface area (Å²) in [4.78, 5) is 7.89. The SMILES string of the molecule is COc1ccc2nc(SCc3cccc(CN)c3)[nH]c2c1. The quantitative estimate of drug-likeness (QED) is 0.709. The molecule has 0 aliphatic rings. The lowest BCUT2D eigenvalue weighted by Gasteiger charge is -2.02. The molecule has 4 nitrogen and oxygen atoms in total. The molecule has 5 heteroatoms. The fourth-order valence-electron chi connectivity index (χ4n) is 2.16. The van der Waals surface area contributed by atoms with Gasteiger partial charge in [-0.25, -0.2) is 4.98 Å². The molecule has 0 amide bonds. The first-order valence-electron chi connectivity index (χ1n) is 6.73. The molecular weight excluding hydrogens is 282 g/mol. The van der Waals surface area contributed by atoms with E-state index in [-0.39, 0.29) is 0 Å². The number of hydrogen-bond acceptors (Lipinski definition) is 4. The van der Waals surface area contributed by atoms with Gasteiger partial charge >= 0.3 is 0 Å². The molecule has 0 aliphatic carbocycles. The third-order valence-electron chi connectivity index (χ3n) is 3.27. The summed E-state index contributed by atoms with van der Waals surface area (Å²) in [6.45, 7) is 0.572. The second-order valence-corrected chi connectivity index (χ2v) is 5.70. The highest BCUT2D eigenvalue weighted by Crippen LogP contribution is 2.25. The second kappa shape index (κ2) is 6.20. The molecule has 0 unspecified atom stereocenters. The van der Waals surface area contributed by atoms with Gasteiger partial charge in [0, 0.05) is 18.4 Å². The summed E-state index contributed by atoms with van der Waals surface area (Å²) in [5.74, 6) is 1.70. The van der Waals surface area contributed by atoms with Crippen LogP contribution in [0.3, 0.4) is 0 Å². The molecule has 0 saturated heterocycles. The minimum absolute atomic E-state index is 0.572. The number of H-pyrrole nitrogens is 1. The Hall–Kier alpha value is -1.98. The van der Waals surface area contributed by atoms with E-state index in [1.807, 2.05) is 30.3 Å². The van der Waals surface area contributed by atoms with E-state index in [4.69, 9.17) is 10.5 Å². The number of nitrogens with one attached hydrogen (secondary N) is 1. The van der Waals surface area contributed by atoms with Crippen molar-refractivity contribution in [1.29, 1.82) is 0 Å². The third-order valence-corrected chi connectivity index (χ3v) is 4.21. The van der Waals surface area contributed by atoms with E-state index in [2.05, 4.69) is 22.1 Å². The Kier molecular flexibility index (Phi) is 4.13. The fourth-order valence-corrected chi connectivity index (χ4v) is 2.99. The van der Waals surface area contributed by atoms with Gasteiger partial charge in [0.2, 0.25) is 0 Å². The standard InChI is InChI=1S/C16H17N3OS/c1-20-13-5-6-14-15(8-13)19-16(18-14)21-10-12-4-2-3-11(7-12)9-17/h2-8H,9-10,17H2,1H3,(H,18,19). The van der Waals surface area contributed by atoms with Crippen molar-refractivity contribution >= 4 is 22.8 Å². The van der Waals surface area contributed by atoms with Crippen LogP contribution in [0.1, 0.15) is 11.1 Å². The molecule has 0 bridgehead atoms. The zero-order valence-electron chi connectivity index (χ0n) is 11.8. The monoisotopic (exact) mass is 299 g/mol. The number of nitrogens with two attached hydrogens (primary N) is 1. The van der Waals surface area contributed by atoms with E-state index in [9.17, 15) is 0 Å². The maximum atomic E-state index is 5.67. The lowest BCUT2D eigenvalue weighted by atomic mass is 10.1.